The van der Waals surface area contributed by atoms with Crippen LogP contribution in [-0.4, -0.2) is 5.11 Å². The van der Waals surface area contributed by atoms with Crippen LogP contribution in [0.3, 0.4) is 0 Å². The van der Waals surface area contributed by atoms with E-state index in [0.29, 0.717) is 12.4 Å². The van der Waals surface area contributed by atoms with Crippen LogP contribution in [0.1, 0.15) is 29.7 Å². The number of aryl methyl sites for hydroxylation is 1. The molecule has 0 spiro atoms. The van der Waals surface area contributed by atoms with Gasteiger partial charge >= 0.3 is 0 Å². The van der Waals surface area contributed by atoms with Gasteiger partial charge in [-0.3, -0.25) is 0 Å². The van der Waals surface area contributed by atoms with Crippen molar-refractivity contribution in [3.05, 3.63) is 65.0 Å². The fraction of sp³-hybridized carbons (Fsp3) is 0.250. The molecule has 0 saturated carbocycles. The summed E-state index contributed by atoms with van der Waals surface area (Å²) in [4.78, 5) is 0. The summed E-state index contributed by atoms with van der Waals surface area (Å²) in [6.45, 7) is 3.91. The Morgan fingerprint density at radius 1 is 1.21 bits per heavy atom. The minimum absolute atomic E-state index is 0.245. The number of para-hydroxylation sites is 1. The summed E-state index contributed by atoms with van der Waals surface area (Å²) in [6, 6.07) is 12.0. The molecule has 0 aliphatic rings. The van der Waals surface area contributed by atoms with Gasteiger partial charge in [0.25, 0.3) is 0 Å². The lowest BCUT2D eigenvalue weighted by molar-refractivity contribution is 0.190. The molecule has 0 heterocycles. The molecule has 0 fully saturated rings. The molecular formula is C16H17FO2. The third kappa shape index (κ3) is 3.32. The summed E-state index contributed by atoms with van der Waals surface area (Å²) >= 11 is 0. The Labute approximate surface area is 112 Å². The molecule has 2 aromatic carbocycles. The minimum Gasteiger partial charge on any atom is -0.489 e. The molecule has 0 amide bonds. The minimum atomic E-state index is -0.578. The number of hydrogen-bond donors (Lipinski definition) is 1. The first-order chi connectivity index (χ1) is 9.08. The van der Waals surface area contributed by atoms with Crippen LogP contribution in [-0.2, 0) is 6.61 Å². The highest BCUT2D eigenvalue weighted by molar-refractivity contribution is 5.35. The van der Waals surface area contributed by atoms with Crippen molar-refractivity contribution in [2.45, 2.75) is 26.6 Å². The smallest absolute Gasteiger partial charge is 0.125 e. The van der Waals surface area contributed by atoms with Gasteiger partial charge in [-0.25, -0.2) is 4.39 Å². The highest BCUT2D eigenvalue weighted by Crippen LogP contribution is 2.25. The van der Waals surface area contributed by atoms with Crippen LogP contribution in [0.15, 0.2) is 42.5 Å². The van der Waals surface area contributed by atoms with E-state index in [2.05, 4.69) is 0 Å². The zero-order valence-electron chi connectivity index (χ0n) is 11.1. The Morgan fingerprint density at radius 2 is 1.95 bits per heavy atom. The average molecular weight is 260 g/mol. The van der Waals surface area contributed by atoms with Crippen LogP contribution in [0.25, 0.3) is 0 Å². The van der Waals surface area contributed by atoms with Crippen molar-refractivity contribution >= 4 is 0 Å². The van der Waals surface area contributed by atoms with Gasteiger partial charge in [0.05, 0.1) is 6.10 Å². The Bertz CT molecular complexity index is 564. The lowest BCUT2D eigenvalue weighted by atomic mass is 10.1. The van der Waals surface area contributed by atoms with E-state index in [1.807, 2.05) is 31.2 Å². The summed E-state index contributed by atoms with van der Waals surface area (Å²) in [5.41, 5.74) is 2.54. The van der Waals surface area contributed by atoms with Crippen LogP contribution < -0.4 is 4.74 Å². The van der Waals surface area contributed by atoms with Gasteiger partial charge in [0, 0.05) is 5.56 Å². The second-order valence-electron chi connectivity index (χ2n) is 4.57. The molecule has 0 saturated heterocycles. The maximum Gasteiger partial charge on any atom is 0.125 e. The van der Waals surface area contributed by atoms with Gasteiger partial charge in [-0.05, 0) is 43.2 Å². The number of ether oxygens (including phenoxy) is 1. The van der Waals surface area contributed by atoms with Crippen molar-refractivity contribution < 1.29 is 14.2 Å². The van der Waals surface area contributed by atoms with Crippen molar-refractivity contribution in [3.63, 3.8) is 0 Å². The molecule has 0 aliphatic carbocycles. The molecule has 0 aliphatic heterocycles. The van der Waals surface area contributed by atoms with E-state index in [9.17, 15) is 9.50 Å². The van der Waals surface area contributed by atoms with Gasteiger partial charge in [-0.2, -0.15) is 0 Å². The topological polar surface area (TPSA) is 29.5 Å². The molecule has 1 N–H and O–H groups in total. The predicted molar refractivity (Wildman–Crippen MR) is 72.5 cm³/mol. The highest BCUT2D eigenvalue weighted by Gasteiger charge is 2.09. The molecule has 1 atom stereocenters. The molecule has 100 valence electrons. The molecule has 0 aromatic heterocycles. The van der Waals surface area contributed by atoms with Crippen LogP contribution in [0.4, 0.5) is 4.39 Å². The number of aliphatic hydroxyl groups excluding tert-OH is 1. The van der Waals surface area contributed by atoms with Crippen molar-refractivity contribution in [1.29, 1.82) is 0 Å². The van der Waals surface area contributed by atoms with Crippen LogP contribution >= 0.6 is 0 Å². The monoisotopic (exact) mass is 260 g/mol. The Morgan fingerprint density at radius 3 is 2.63 bits per heavy atom. The van der Waals surface area contributed by atoms with Crippen molar-refractivity contribution in [3.8, 4) is 5.75 Å². The summed E-state index contributed by atoms with van der Waals surface area (Å²) in [5, 5.41) is 9.66. The third-order valence-electron chi connectivity index (χ3n) is 3.06. The SMILES string of the molecule is Cc1cc(F)ccc1COc1ccccc1[C@@H](C)O. The summed E-state index contributed by atoms with van der Waals surface area (Å²) < 4.78 is 18.7. The van der Waals surface area contributed by atoms with E-state index in [1.165, 1.54) is 12.1 Å². The van der Waals surface area contributed by atoms with E-state index >= 15 is 0 Å². The van der Waals surface area contributed by atoms with Gasteiger partial charge in [0.15, 0.2) is 0 Å². The number of rotatable bonds is 4. The summed E-state index contributed by atoms with van der Waals surface area (Å²) in [5.74, 6) is 0.409. The van der Waals surface area contributed by atoms with E-state index < -0.39 is 6.10 Å². The van der Waals surface area contributed by atoms with Crippen LogP contribution in [0.5, 0.6) is 5.75 Å². The van der Waals surface area contributed by atoms with Crippen LogP contribution in [0, 0.1) is 12.7 Å². The number of hydrogen-bond acceptors (Lipinski definition) is 2. The fourth-order valence-corrected chi connectivity index (χ4v) is 1.93. The standard InChI is InChI=1S/C16H17FO2/c1-11-9-14(17)8-7-13(11)10-19-16-6-4-3-5-15(16)12(2)18/h3-9,12,18H,10H2,1-2H3/t12-/m1/s1. The molecule has 0 radical (unpaired) electrons. The summed E-state index contributed by atoms with van der Waals surface area (Å²) in [7, 11) is 0. The largest absolute Gasteiger partial charge is 0.489 e. The van der Waals surface area contributed by atoms with E-state index in [4.69, 9.17) is 4.74 Å². The van der Waals surface area contributed by atoms with E-state index in [1.54, 1.807) is 13.0 Å². The van der Waals surface area contributed by atoms with Crippen molar-refractivity contribution in [2.24, 2.45) is 0 Å². The van der Waals surface area contributed by atoms with E-state index in [-0.39, 0.29) is 5.82 Å². The van der Waals surface area contributed by atoms with Gasteiger partial charge < -0.3 is 9.84 Å². The van der Waals surface area contributed by atoms with Gasteiger partial charge in [0.1, 0.15) is 18.2 Å². The lowest BCUT2D eigenvalue weighted by Crippen LogP contribution is -2.02. The Balaban J connectivity index is 2.14. The van der Waals surface area contributed by atoms with Crippen molar-refractivity contribution in [2.75, 3.05) is 0 Å². The molecule has 19 heavy (non-hydrogen) atoms. The summed E-state index contributed by atoms with van der Waals surface area (Å²) in [6.07, 6.45) is -0.578. The normalized spacial score (nSPS) is 12.2. The number of aliphatic hydroxyl groups is 1. The Hall–Kier alpha value is -1.87. The maximum atomic E-state index is 13.0. The second kappa shape index (κ2) is 5.85. The first kappa shape index (κ1) is 13.6. The predicted octanol–water partition coefficient (Wildman–Crippen LogP) is 3.77. The quantitative estimate of drug-likeness (QED) is 0.906. The highest BCUT2D eigenvalue weighted by atomic mass is 19.1. The maximum absolute atomic E-state index is 13.0. The third-order valence-corrected chi connectivity index (χ3v) is 3.06. The first-order valence-electron chi connectivity index (χ1n) is 6.22. The number of benzene rings is 2. The molecule has 0 unspecified atom stereocenters. The molecule has 3 heteroatoms. The van der Waals surface area contributed by atoms with Gasteiger partial charge in [-0.15, -0.1) is 0 Å². The number of halogens is 1. The lowest BCUT2D eigenvalue weighted by Gasteiger charge is -2.14. The molecule has 2 aromatic rings. The Kier molecular flexibility index (Phi) is 4.17. The zero-order chi connectivity index (χ0) is 13.8. The van der Waals surface area contributed by atoms with Gasteiger partial charge in [0.2, 0.25) is 0 Å². The average Bonchev–Trinajstić information content (AvgIpc) is 2.38. The molecule has 2 nitrogen and oxygen atoms in total. The second-order valence-corrected chi connectivity index (χ2v) is 4.57. The zero-order valence-corrected chi connectivity index (χ0v) is 11.1. The van der Waals surface area contributed by atoms with Crippen LogP contribution in [0.2, 0.25) is 0 Å². The fourth-order valence-electron chi connectivity index (χ4n) is 1.93. The molecule has 2 rings (SSSR count). The van der Waals surface area contributed by atoms with Crippen molar-refractivity contribution in [1.82, 2.24) is 0 Å². The van der Waals surface area contributed by atoms with E-state index in [0.717, 1.165) is 16.7 Å². The first-order valence-corrected chi connectivity index (χ1v) is 6.22. The molecular weight excluding hydrogens is 243 g/mol. The van der Waals surface area contributed by atoms with Gasteiger partial charge in [-0.1, -0.05) is 24.3 Å². The molecule has 0 bridgehead atoms.